The number of carbonyl (C=O) groups excluding carboxylic acids is 1. The Labute approximate surface area is 76.0 Å². The van der Waals surface area contributed by atoms with Gasteiger partial charge in [0, 0.05) is 14.1 Å². The summed E-state index contributed by atoms with van der Waals surface area (Å²) in [5, 5.41) is 2.37. The maximum atomic E-state index is 10.1. The first-order valence-electron chi connectivity index (χ1n) is 3.73. The molecule has 1 heterocycles. The van der Waals surface area contributed by atoms with Crippen LogP contribution in [0.15, 0.2) is 0 Å². The molecule has 0 saturated carbocycles. The summed E-state index contributed by atoms with van der Waals surface area (Å²) in [5.74, 6) is 1.37. The number of nitrogens with zero attached hydrogens (tertiary/aromatic N) is 4. The van der Waals surface area contributed by atoms with Gasteiger partial charge in [-0.3, -0.25) is 10.1 Å². The first kappa shape index (κ1) is 9.37. The highest BCUT2D eigenvalue weighted by Gasteiger charge is 2.03. The molecule has 0 radical (unpaired) electrons. The molecule has 0 aliphatic carbocycles. The number of carbonyl (C=O) groups is 1. The van der Waals surface area contributed by atoms with Crippen molar-refractivity contribution in [2.45, 2.75) is 6.92 Å². The lowest BCUT2D eigenvalue weighted by atomic mass is 10.6. The molecule has 0 spiro atoms. The first-order chi connectivity index (χ1) is 6.13. The summed E-state index contributed by atoms with van der Waals surface area (Å²) in [6.07, 6.45) is 0.536. The van der Waals surface area contributed by atoms with Gasteiger partial charge in [-0.2, -0.15) is 15.0 Å². The average Bonchev–Trinajstić information content (AvgIpc) is 2.03. The minimum atomic E-state index is 0.270. The smallest absolute Gasteiger partial charge is 0.234 e. The molecular weight excluding hydrogens is 170 g/mol. The van der Waals surface area contributed by atoms with Crippen molar-refractivity contribution >= 4 is 18.3 Å². The van der Waals surface area contributed by atoms with Gasteiger partial charge in [-0.15, -0.1) is 0 Å². The molecule has 0 unspecified atom stereocenters. The van der Waals surface area contributed by atoms with E-state index in [2.05, 4.69) is 20.3 Å². The second kappa shape index (κ2) is 3.79. The van der Waals surface area contributed by atoms with Crippen molar-refractivity contribution in [2.24, 2.45) is 0 Å². The number of aromatic nitrogens is 3. The van der Waals surface area contributed by atoms with Gasteiger partial charge in [0.15, 0.2) is 0 Å². The second-order valence-corrected chi connectivity index (χ2v) is 2.66. The van der Waals surface area contributed by atoms with E-state index >= 15 is 0 Å². The van der Waals surface area contributed by atoms with E-state index in [0.717, 1.165) is 0 Å². The van der Waals surface area contributed by atoms with E-state index in [-0.39, 0.29) is 5.95 Å². The van der Waals surface area contributed by atoms with Gasteiger partial charge in [-0.05, 0) is 6.92 Å². The van der Waals surface area contributed by atoms with Crippen molar-refractivity contribution in [3.05, 3.63) is 5.82 Å². The third-order valence-corrected chi connectivity index (χ3v) is 1.32. The minimum absolute atomic E-state index is 0.270. The van der Waals surface area contributed by atoms with Gasteiger partial charge in [0.05, 0.1) is 0 Å². The number of hydrogen-bond acceptors (Lipinski definition) is 5. The number of anilines is 2. The van der Waals surface area contributed by atoms with Gasteiger partial charge in [-0.1, -0.05) is 0 Å². The fourth-order valence-corrected chi connectivity index (χ4v) is 0.785. The van der Waals surface area contributed by atoms with E-state index in [0.29, 0.717) is 18.2 Å². The Hall–Kier alpha value is -1.72. The van der Waals surface area contributed by atoms with Crippen LogP contribution >= 0.6 is 0 Å². The van der Waals surface area contributed by atoms with Crippen LogP contribution in [0, 0.1) is 6.92 Å². The molecule has 70 valence electrons. The monoisotopic (exact) mass is 181 g/mol. The molecule has 1 aromatic rings. The number of aryl methyl sites for hydroxylation is 1. The highest BCUT2D eigenvalue weighted by molar-refractivity contribution is 5.66. The van der Waals surface area contributed by atoms with Crippen molar-refractivity contribution in [1.29, 1.82) is 0 Å². The molecule has 6 nitrogen and oxygen atoms in total. The Balaban J connectivity index is 3.03. The lowest BCUT2D eigenvalue weighted by Gasteiger charge is -2.10. The van der Waals surface area contributed by atoms with E-state index in [1.54, 1.807) is 11.8 Å². The highest BCUT2D eigenvalue weighted by atomic mass is 16.1. The largest absolute Gasteiger partial charge is 0.347 e. The summed E-state index contributed by atoms with van der Waals surface area (Å²) in [4.78, 5) is 23.8. The third kappa shape index (κ3) is 2.36. The Kier molecular flexibility index (Phi) is 2.73. The van der Waals surface area contributed by atoms with E-state index < -0.39 is 0 Å². The second-order valence-electron chi connectivity index (χ2n) is 2.66. The fraction of sp³-hybridized carbons (Fsp3) is 0.429. The lowest BCUT2D eigenvalue weighted by Crippen LogP contribution is -2.15. The normalized spacial score (nSPS) is 9.46. The molecule has 0 aromatic carbocycles. The van der Waals surface area contributed by atoms with E-state index in [4.69, 9.17) is 0 Å². The van der Waals surface area contributed by atoms with Crippen molar-refractivity contribution in [3.63, 3.8) is 0 Å². The van der Waals surface area contributed by atoms with E-state index in [1.807, 2.05) is 14.1 Å². The Morgan fingerprint density at radius 2 is 2.00 bits per heavy atom. The SMILES string of the molecule is Cc1nc(NC=O)nc(N(C)C)n1. The summed E-state index contributed by atoms with van der Waals surface area (Å²) in [6, 6.07) is 0. The van der Waals surface area contributed by atoms with Gasteiger partial charge in [-0.25, -0.2) is 0 Å². The number of rotatable bonds is 3. The third-order valence-electron chi connectivity index (χ3n) is 1.32. The maximum absolute atomic E-state index is 10.1. The maximum Gasteiger partial charge on any atom is 0.234 e. The molecule has 1 N–H and O–H groups in total. The van der Waals surface area contributed by atoms with Crippen LogP contribution in [-0.4, -0.2) is 35.5 Å². The van der Waals surface area contributed by atoms with E-state index in [9.17, 15) is 4.79 Å². The predicted molar refractivity (Wildman–Crippen MR) is 48.6 cm³/mol. The molecule has 1 aromatic heterocycles. The molecule has 0 bridgehead atoms. The quantitative estimate of drug-likeness (QED) is 0.654. The van der Waals surface area contributed by atoms with Crippen LogP contribution in [0.3, 0.4) is 0 Å². The van der Waals surface area contributed by atoms with Crippen LogP contribution in [0.4, 0.5) is 11.9 Å². The lowest BCUT2D eigenvalue weighted by molar-refractivity contribution is -0.105. The van der Waals surface area contributed by atoms with Crippen molar-refractivity contribution in [3.8, 4) is 0 Å². The molecule has 6 heteroatoms. The number of nitrogens with one attached hydrogen (secondary N) is 1. The summed E-state index contributed by atoms with van der Waals surface area (Å²) in [6.45, 7) is 1.74. The Morgan fingerprint density at radius 1 is 1.31 bits per heavy atom. The van der Waals surface area contributed by atoms with Gasteiger partial charge in [0.2, 0.25) is 18.3 Å². The zero-order valence-corrected chi connectivity index (χ0v) is 7.77. The summed E-state index contributed by atoms with van der Waals surface area (Å²) in [7, 11) is 3.64. The summed E-state index contributed by atoms with van der Waals surface area (Å²) in [5.41, 5.74) is 0. The van der Waals surface area contributed by atoms with Crippen molar-refractivity contribution in [2.75, 3.05) is 24.3 Å². The highest BCUT2D eigenvalue weighted by Crippen LogP contribution is 2.06. The minimum Gasteiger partial charge on any atom is -0.347 e. The molecular formula is C7H11N5O. The van der Waals surface area contributed by atoms with Crippen LogP contribution in [-0.2, 0) is 4.79 Å². The molecule has 0 aliphatic rings. The average molecular weight is 181 g/mol. The van der Waals surface area contributed by atoms with Gasteiger partial charge in [0.1, 0.15) is 5.82 Å². The van der Waals surface area contributed by atoms with Crippen LogP contribution in [0.25, 0.3) is 0 Å². The Bertz CT molecular complexity index is 312. The fourth-order valence-electron chi connectivity index (χ4n) is 0.785. The molecule has 0 atom stereocenters. The van der Waals surface area contributed by atoms with E-state index in [1.165, 1.54) is 0 Å². The molecule has 13 heavy (non-hydrogen) atoms. The molecule has 1 rings (SSSR count). The van der Waals surface area contributed by atoms with Gasteiger partial charge >= 0.3 is 0 Å². The summed E-state index contributed by atoms with van der Waals surface area (Å²) >= 11 is 0. The summed E-state index contributed by atoms with van der Waals surface area (Å²) < 4.78 is 0. The first-order valence-corrected chi connectivity index (χ1v) is 3.73. The molecule has 0 fully saturated rings. The van der Waals surface area contributed by atoms with Crippen molar-refractivity contribution < 1.29 is 4.79 Å². The zero-order valence-electron chi connectivity index (χ0n) is 7.77. The zero-order chi connectivity index (χ0) is 9.84. The van der Waals surface area contributed by atoms with Gasteiger partial charge < -0.3 is 4.90 Å². The molecule has 1 amide bonds. The van der Waals surface area contributed by atoms with Crippen LogP contribution in [0.1, 0.15) is 5.82 Å². The van der Waals surface area contributed by atoms with Gasteiger partial charge in [0.25, 0.3) is 0 Å². The van der Waals surface area contributed by atoms with Crippen LogP contribution in [0.5, 0.6) is 0 Å². The number of hydrogen-bond donors (Lipinski definition) is 1. The topological polar surface area (TPSA) is 71.0 Å². The number of amides is 1. The van der Waals surface area contributed by atoms with Crippen LogP contribution < -0.4 is 10.2 Å². The molecule has 0 aliphatic heterocycles. The Morgan fingerprint density at radius 3 is 2.54 bits per heavy atom. The predicted octanol–water partition coefficient (Wildman–Crippen LogP) is -0.186. The standard InChI is InChI=1S/C7H11N5O/c1-5-9-6(8-4-13)11-7(10-5)12(2)3/h4H,1-3H3,(H,8,9,10,11,13). The van der Waals surface area contributed by atoms with Crippen molar-refractivity contribution in [1.82, 2.24) is 15.0 Å². The molecule has 0 saturated heterocycles. The van der Waals surface area contributed by atoms with Crippen LogP contribution in [0.2, 0.25) is 0 Å².